The number of nitrogens with zero attached hydrogens (tertiary/aromatic N) is 2. The third-order valence-electron chi connectivity index (χ3n) is 12.6. The fourth-order valence-corrected chi connectivity index (χ4v) is 9.87. The first kappa shape index (κ1) is 34.7. The van der Waals surface area contributed by atoms with Gasteiger partial charge in [0, 0.05) is 32.9 Å². The average molecular weight is 797 g/mol. The van der Waals surface area contributed by atoms with Gasteiger partial charge in [0.1, 0.15) is 28.6 Å². The van der Waals surface area contributed by atoms with Crippen LogP contribution in [0.1, 0.15) is 22.6 Å². The maximum absolute atomic E-state index is 10.9. The Kier molecular flexibility index (Phi) is 7.51. The Labute approximate surface area is 357 Å². The summed E-state index contributed by atoms with van der Waals surface area (Å²) in [6.07, 6.45) is 0. The molecule has 290 valence electrons. The number of aromatic hydroxyl groups is 1. The van der Waals surface area contributed by atoms with Gasteiger partial charge in [0.25, 0.3) is 6.71 Å². The van der Waals surface area contributed by atoms with Gasteiger partial charge in [0.05, 0.1) is 28.7 Å². The molecule has 3 aliphatic rings. The van der Waals surface area contributed by atoms with Gasteiger partial charge in [-0.05, 0) is 93.8 Å². The first-order valence-corrected chi connectivity index (χ1v) is 20.8. The number of aliphatic imine (C=N–C) groups is 1. The number of para-hydroxylation sites is 4. The van der Waals surface area contributed by atoms with Crippen molar-refractivity contribution >= 4 is 56.4 Å². The molecule has 0 bridgehead atoms. The standard InChI is InChI=1S/C55H33BN2O4/c59-46-26-11-7-19-36(46)44-25-14-24-43(57-44)33-29-38-39-31-49-51-55(61-48-28-13-9-22-42(48)56(51)41-21-8-12-27-47(41)60-49)54(39)62-53(38)40(30-33)52-50(37-20-6-10-23-45(37)58-52)35-18-5-4-17-34(35)32-15-2-1-3-16-32/h1-31,50,59H. The number of hydrogen-bond donors (Lipinski definition) is 1. The van der Waals surface area contributed by atoms with Gasteiger partial charge in [-0.15, -0.1) is 0 Å². The molecule has 8 aromatic carbocycles. The third-order valence-corrected chi connectivity index (χ3v) is 12.6. The van der Waals surface area contributed by atoms with Gasteiger partial charge in [-0.1, -0.05) is 127 Å². The summed E-state index contributed by atoms with van der Waals surface area (Å²) in [5.41, 5.74) is 14.6. The van der Waals surface area contributed by atoms with E-state index in [1.165, 1.54) is 0 Å². The highest BCUT2D eigenvalue weighted by atomic mass is 16.5. The molecule has 0 aliphatic carbocycles. The molecule has 0 saturated carbocycles. The van der Waals surface area contributed by atoms with Crippen LogP contribution in [-0.4, -0.2) is 22.5 Å². The average Bonchev–Trinajstić information content (AvgIpc) is 3.90. The zero-order valence-corrected chi connectivity index (χ0v) is 33.1. The zero-order chi connectivity index (χ0) is 40.9. The summed E-state index contributed by atoms with van der Waals surface area (Å²) < 4.78 is 20.9. The number of fused-ring (bicyclic) bond motifs is 9. The van der Waals surface area contributed by atoms with E-state index in [-0.39, 0.29) is 18.4 Å². The second kappa shape index (κ2) is 13.4. The van der Waals surface area contributed by atoms with Gasteiger partial charge in [-0.25, -0.2) is 4.98 Å². The van der Waals surface area contributed by atoms with Gasteiger partial charge < -0.3 is 19.0 Å². The van der Waals surface area contributed by atoms with Crippen LogP contribution in [0.4, 0.5) is 5.69 Å². The first-order valence-electron chi connectivity index (χ1n) is 20.8. The second-order valence-corrected chi connectivity index (χ2v) is 16.1. The maximum Gasteiger partial charge on any atom is 0.260 e. The minimum Gasteiger partial charge on any atom is -0.507 e. The molecular formula is C55H33BN2O4. The van der Waals surface area contributed by atoms with Crippen LogP contribution in [-0.2, 0) is 0 Å². The fourth-order valence-electron chi connectivity index (χ4n) is 9.87. The Hall–Kier alpha value is -8.16. The SMILES string of the molecule is Oc1ccccc1-c1cccc(-c2cc(C3=Nc4ccccc4C3c3ccccc3-c3ccccc3)c3oc4c5c6c(cc4c3c2)Oc2ccccc2B6c2ccccc2O5)n1. The normalized spacial score (nSPS) is 14.4. The Balaban J connectivity index is 1.10. The van der Waals surface area contributed by atoms with Crippen molar-refractivity contribution in [2.45, 2.75) is 5.92 Å². The van der Waals surface area contributed by atoms with Crippen LogP contribution in [0.3, 0.4) is 0 Å². The smallest absolute Gasteiger partial charge is 0.260 e. The van der Waals surface area contributed by atoms with Crippen molar-refractivity contribution in [3.63, 3.8) is 0 Å². The molecule has 0 amide bonds. The van der Waals surface area contributed by atoms with Gasteiger partial charge in [0.15, 0.2) is 11.3 Å². The number of benzene rings is 8. The molecule has 62 heavy (non-hydrogen) atoms. The van der Waals surface area contributed by atoms with Crippen molar-refractivity contribution in [1.82, 2.24) is 4.98 Å². The van der Waals surface area contributed by atoms with Gasteiger partial charge in [-0.3, -0.25) is 4.99 Å². The van der Waals surface area contributed by atoms with E-state index in [2.05, 4.69) is 115 Å². The molecule has 2 aromatic heterocycles. The van der Waals surface area contributed by atoms with Crippen molar-refractivity contribution < 1.29 is 19.0 Å². The molecule has 1 unspecified atom stereocenters. The van der Waals surface area contributed by atoms with Gasteiger partial charge >= 0.3 is 0 Å². The van der Waals surface area contributed by atoms with Crippen molar-refractivity contribution in [2.75, 3.05) is 0 Å². The van der Waals surface area contributed by atoms with E-state index in [1.54, 1.807) is 6.07 Å². The molecule has 13 rings (SSSR count). The number of phenols is 1. The summed E-state index contributed by atoms with van der Waals surface area (Å²) in [6, 6.07) is 63.8. The quantitative estimate of drug-likeness (QED) is 0.176. The molecule has 1 atom stereocenters. The summed E-state index contributed by atoms with van der Waals surface area (Å²) in [4.78, 5) is 10.7. The molecule has 0 fully saturated rings. The Morgan fingerprint density at radius 3 is 1.97 bits per heavy atom. The van der Waals surface area contributed by atoms with E-state index in [9.17, 15) is 5.11 Å². The summed E-state index contributed by atoms with van der Waals surface area (Å²) >= 11 is 0. The van der Waals surface area contributed by atoms with Crippen molar-refractivity contribution in [1.29, 1.82) is 0 Å². The molecule has 7 heteroatoms. The summed E-state index contributed by atoms with van der Waals surface area (Å²) in [6.45, 7) is -0.100. The van der Waals surface area contributed by atoms with Gasteiger partial charge in [0.2, 0.25) is 0 Å². The lowest BCUT2D eigenvalue weighted by Gasteiger charge is -2.32. The van der Waals surface area contributed by atoms with E-state index < -0.39 is 0 Å². The van der Waals surface area contributed by atoms with Crippen molar-refractivity contribution in [3.05, 3.63) is 205 Å². The summed E-state index contributed by atoms with van der Waals surface area (Å²) in [7, 11) is 0. The highest BCUT2D eigenvalue weighted by Crippen LogP contribution is 2.49. The van der Waals surface area contributed by atoms with E-state index in [4.69, 9.17) is 23.9 Å². The molecule has 5 heterocycles. The largest absolute Gasteiger partial charge is 0.507 e. The van der Waals surface area contributed by atoms with Crippen LogP contribution in [0.25, 0.3) is 55.6 Å². The minimum absolute atomic E-state index is 0.100. The van der Waals surface area contributed by atoms with Crippen molar-refractivity contribution in [3.8, 4) is 62.4 Å². The van der Waals surface area contributed by atoms with Crippen LogP contribution < -0.4 is 25.9 Å². The molecule has 10 aromatic rings. The molecule has 0 saturated heterocycles. The number of aromatic nitrogens is 1. The lowest BCUT2D eigenvalue weighted by Crippen LogP contribution is -2.57. The first-order chi connectivity index (χ1) is 30.7. The van der Waals surface area contributed by atoms with E-state index in [1.807, 2.05) is 66.7 Å². The number of hydrogen-bond acceptors (Lipinski definition) is 6. The predicted octanol–water partition coefficient (Wildman–Crippen LogP) is 11.7. The van der Waals surface area contributed by atoms with Crippen LogP contribution in [0.5, 0.6) is 28.7 Å². The number of pyridine rings is 1. The molecule has 0 radical (unpaired) electrons. The highest BCUT2D eigenvalue weighted by Gasteiger charge is 2.42. The van der Waals surface area contributed by atoms with Crippen LogP contribution in [0, 0.1) is 0 Å². The zero-order valence-electron chi connectivity index (χ0n) is 33.1. The molecule has 6 nitrogen and oxygen atoms in total. The molecule has 1 N–H and O–H groups in total. The molecule has 3 aliphatic heterocycles. The van der Waals surface area contributed by atoms with Gasteiger partial charge in [-0.2, -0.15) is 0 Å². The minimum atomic E-state index is -0.216. The summed E-state index contributed by atoms with van der Waals surface area (Å²) in [5, 5.41) is 12.6. The van der Waals surface area contributed by atoms with Crippen LogP contribution in [0.2, 0.25) is 0 Å². The maximum atomic E-state index is 10.9. The number of rotatable bonds is 5. The third kappa shape index (κ3) is 5.18. The van der Waals surface area contributed by atoms with Crippen LogP contribution in [0.15, 0.2) is 197 Å². The Morgan fingerprint density at radius 2 is 1.15 bits per heavy atom. The number of furan rings is 1. The predicted molar refractivity (Wildman–Crippen MR) is 248 cm³/mol. The monoisotopic (exact) mass is 796 g/mol. The number of ether oxygens (including phenoxy) is 2. The molecular weight excluding hydrogens is 763 g/mol. The second-order valence-electron chi connectivity index (χ2n) is 16.1. The Bertz CT molecular complexity index is 3510. The lowest BCUT2D eigenvalue weighted by atomic mass is 9.35. The highest BCUT2D eigenvalue weighted by molar-refractivity contribution is 6.98. The van der Waals surface area contributed by atoms with E-state index >= 15 is 0 Å². The molecule has 0 spiro atoms. The number of phenolic OH excluding ortho intramolecular Hbond substituents is 1. The Morgan fingerprint density at radius 1 is 0.484 bits per heavy atom. The van der Waals surface area contributed by atoms with E-state index in [0.29, 0.717) is 28.2 Å². The van der Waals surface area contributed by atoms with Crippen molar-refractivity contribution in [2.24, 2.45) is 4.99 Å². The summed E-state index contributed by atoms with van der Waals surface area (Å²) in [5.74, 6) is 2.96. The lowest BCUT2D eigenvalue weighted by molar-refractivity contribution is 0.462. The van der Waals surface area contributed by atoms with E-state index in [0.717, 1.165) is 94.9 Å². The topological polar surface area (TPSA) is 77.1 Å². The van der Waals surface area contributed by atoms with Crippen LogP contribution >= 0.6 is 0 Å². The fraction of sp³-hybridized carbons (Fsp3) is 0.0182.